The molecule has 0 fully saturated rings. The molecule has 1 heterocycles. The van der Waals surface area contributed by atoms with Crippen LogP contribution in [0.25, 0.3) is 0 Å². The maximum atomic E-state index is 10.6. The van der Waals surface area contributed by atoms with E-state index in [0.29, 0.717) is 5.69 Å². The Bertz CT molecular complexity index is 365. The van der Waals surface area contributed by atoms with Crippen molar-refractivity contribution < 1.29 is 9.53 Å². The molecule has 2 rings (SSSR count). The van der Waals surface area contributed by atoms with Crippen molar-refractivity contribution in [1.29, 1.82) is 0 Å². The molecule has 0 saturated heterocycles. The number of carbonyl (C=O) groups is 1. The van der Waals surface area contributed by atoms with Crippen LogP contribution in [-0.4, -0.2) is 12.0 Å². The number of anilines is 1. The highest BCUT2D eigenvalue weighted by atomic mass is 35.5. The van der Waals surface area contributed by atoms with Gasteiger partial charge in [0.05, 0.1) is 6.61 Å². The zero-order valence-corrected chi connectivity index (χ0v) is 8.30. The average molecular weight is 212 g/mol. The standard InChI is InChI=1S/C10H10ClNO2/c11-10(13)12-8-3-4-9-7(6-8)2-1-5-14-9/h3-4,6H,1-2,5H2,(H,12,13). The minimum absolute atomic E-state index is 0.568. The van der Waals surface area contributed by atoms with Crippen molar-refractivity contribution >= 4 is 22.7 Å². The number of rotatable bonds is 1. The first-order valence-corrected chi connectivity index (χ1v) is 4.86. The van der Waals surface area contributed by atoms with Gasteiger partial charge in [0.1, 0.15) is 5.75 Å². The molecule has 1 N–H and O–H groups in total. The first kappa shape index (κ1) is 9.34. The fourth-order valence-corrected chi connectivity index (χ4v) is 1.66. The van der Waals surface area contributed by atoms with Gasteiger partial charge < -0.3 is 10.1 Å². The zero-order valence-electron chi connectivity index (χ0n) is 7.55. The molecule has 1 aromatic carbocycles. The van der Waals surface area contributed by atoms with Gasteiger partial charge in [-0.25, -0.2) is 0 Å². The first-order valence-electron chi connectivity index (χ1n) is 4.48. The van der Waals surface area contributed by atoms with Gasteiger partial charge >= 0.3 is 5.37 Å². The van der Waals surface area contributed by atoms with Crippen molar-refractivity contribution in [2.45, 2.75) is 12.8 Å². The van der Waals surface area contributed by atoms with E-state index in [1.54, 1.807) is 6.07 Å². The minimum atomic E-state index is -0.568. The number of fused-ring (bicyclic) bond motifs is 1. The fourth-order valence-electron chi connectivity index (χ4n) is 1.55. The van der Waals surface area contributed by atoms with Gasteiger partial charge in [-0.1, -0.05) is 0 Å². The van der Waals surface area contributed by atoms with Crippen LogP contribution in [0.15, 0.2) is 18.2 Å². The summed E-state index contributed by atoms with van der Waals surface area (Å²) in [7, 11) is 0. The molecule has 0 spiro atoms. The van der Waals surface area contributed by atoms with Gasteiger partial charge in [0.25, 0.3) is 0 Å². The van der Waals surface area contributed by atoms with Crippen LogP contribution < -0.4 is 10.1 Å². The summed E-state index contributed by atoms with van der Waals surface area (Å²) >= 11 is 5.21. The molecule has 0 atom stereocenters. The van der Waals surface area contributed by atoms with Crippen LogP contribution in [0.4, 0.5) is 10.5 Å². The third-order valence-electron chi connectivity index (χ3n) is 2.15. The van der Waals surface area contributed by atoms with Crippen LogP contribution in [0.2, 0.25) is 0 Å². The number of carbonyl (C=O) groups excluding carboxylic acids is 1. The Morgan fingerprint density at radius 1 is 1.50 bits per heavy atom. The molecule has 3 nitrogen and oxygen atoms in total. The number of hydrogen-bond acceptors (Lipinski definition) is 2. The van der Waals surface area contributed by atoms with E-state index in [-0.39, 0.29) is 0 Å². The lowest BCUT2D eigenvalue weighted by Crippen LogP contribution is -2.09. The van der Waals surface area contributed by atoms with E-state index >= 15 is 0 Å². The quantitative estimate of drug-likeness (QED) is 0.573. The van der Waals surface area contributed by atoms with Gasteiger partial charge in [-0.3, -0.25) is 4.79 Å². The van der Waals surface area contributed by atoms with Gasteiger partial charge in [0.15, 0.2) is 0 Å². The summed E-state index contributed by atoms with van der Waals surface area (Å²) in [6, 6.07) is 5.54. The third-order valence-corrected chi connectivity index (χ3v) is 2.25. The Kier molecular flexibility index (Phi) is 2.59. The number of halogens is 1. The van der Waals surface area contributed by atoms with Crippen molar-refractivity contribution in [2.75, 3.05) is 11.9 Å². The van der Waals surface area contributed by atoms with Crippen molar-refractivity contribution in [1.82, 2.24) is 0 Å². The van der Waals surface area contributed by atoms with Gasteiger partial charge in [0.2, 0.25) is 0 Å². The number of amides is 1. The first-order chi connectivity index (χ1) is 6.75. The number of ether oxygens (including phenoxy) is 1. The lowest BCUT2D eigenvalue weighted by atomic mass is 10.1. The maximum Gasteiger partial charge on any atom is 0.318 e. The molecule has 0 bridgehead atoms. The number of hydrogen-bond donors (Lipinski definition) is 1. The molecular formula is C10H10ClNO2. The number of benzene rings is 1. The monoisotopic (exact) mass is 211 g/mol. The molecule has 74 valence electrons. The van der Waals surface area contributed by atoms with Crippen LogP contribution in [-0.2, 0) is 6.42 Å². The van der Waals surface area contributed by atoms with Crippen LogP contribution in [0, 0.1) is 0 Å². The molecular weight excluding hydrogens is 202 g/mol. The van der Waals surface area contributed by atoms with Crippen LogP contribution in [0.3, 0.4) is 0 Å². The summed E-state index contributed by atoms with van der Waals surface area (Å²) in [6.07, 6.45) is 2.01. The Labute approximate surface area is 87.0 Å². The van der Waals surface area contributed by atoms with Crippen molar-refractivity contribution in [3.8, 4) is 5.75 Å². The van der Waals surface area contributed by atoms with E-state index in [1.165, 1.54) is 0 Å². The lowest BCUT2D eigenvalue weighted by molar-refractivity contribution is 0.269. The number of aryl methyl sites for hydroxylation is 1. The third kappa shape index (κ3) is 1.99. The molecule has 0 unspecified atom stereocenters. The van der Waals surface area contributed by atoms with Crippen molar-refractivity contribution in [3.05, 3.63) is 23.8 Å². The molecule has 1 amide bonds. The zero-order chi connectivity index (χ0) is 9.97. The van der Waals surface area contributed by atoms with Gasteiger partial charge in [0, 0.05) is 5.69 Å². The minimum Gasteiger partial charge on any atom is -0.493 e. The topological polar surface area (TPSA) is 38.3 Å². The predicted octanol–water partition coefficient (Wildman–Crippen LogP) is 2.78. The summed E-state index contributed by atoms with van der Waals surface area (Å²) in [5.41, 5.74) is 1.84. The number of nitrogens with one attached hydrogen (secondary N) is 1. The Morgan fingerprint density at radius 3 is 3.14 bits per heavy atom. The summed E-state index contributed by atoms with van der Waals surface area (Å²) in [4.78, 5) is 10.6. The smallest absolute Gasteiger partial charge is 0.318 e. The predicted molar refractivity (Wildman–Crippen MR) is 55.1 cm³/mol. The molecule has 1 aliphatic heterocycles. The molecule has 0 aliphatic carbocycles. The summed E-state index contributed by atoms with van der Waals surface area (Å²) in [6.45, 7) is 0.772. The highest BCUT2D eigenvalue weighted by molar-refractivity contribution is 6.65. The highest BCUT2D eigenvalue weighted by Crippen LogP contribution is 2.27. The second-order valence-corrected chi connectivity index (χ2v) is 3.52. The van der Waals surface area contributed by atoms with E-state index in [9.17, 15) is 4.79 Å². The van der Waals surface area contributed by atoms with E-state index in [1.807, 2.05) is 12.1 Å². The summed E-state index contributed by atoms with van der Waals surface area (Å²) in [5, 5.41) is 1.96. The molecule has 0 radical (unpaired) electrons. The van der Waals surface area contributed by atoms with Crippen LogP contribution >= 0.6 is 11.6 Å². The molecule has 0 aromatic heterocycles. The maximum absolute atomic E-state index is 10.6. The Balaban J connectivity index is 2.24. The second kappa shape index (κ2) is 3.88. The molecule has 1 aliphatic rings. The molecule has 1 aromatic rings. The van der Waals surface area contributed by atoms with Gasteiger partial charge in [-0.05, 0) is 48.2 Å². The molecule has 0 saturated carbocycles. The fraction of sp³-hybridized carbons (Fsp3) is 0.300. The summed E-state index contributed by atoms with van der Waals surface area (Å²) < 4.78 is 5.44. The van der Waals surface area contributed by atoms with E-state index in [2.05, 4.69) is 5.32 Å². The largest absolute Gasteiger partial charge is 0.493 e. The Hall–Kier alpha value is -1.22. The second-order valence-electron chi connectivity index (χ2n) is 3.17. The Morgan fingerprint density at radius 2 is 2.36 bits per heavy atom. The van der Waals surface area contributed by atoms with E-state index in [4.69, 9.17) is 16.3 Å². The van der Waals surface area contributed by atoms with Gasteiger partial charge in [-0.15, -0.1) is 0 Å². The van der Waals surface area contributed by atoms with Crippen molar-refractivity contribution in [2.24, 2.45) is 0 Å². The SMILES string of the molecule is O=C(Cl)Nc1ccc2c(c1)CCCO2. The van der Waals surface area contributed by atoms with Crippen molar-refractivity contribution in [3.63, 3.8) is 0 Å². The highest BCUT2D eigenvalue weighted by Gasteiger charge is 2.10. The van der Waals surface area contributed by atoms with Crippen LogP contribution in [0.1, 0.15) is 12.0 Å². The van der Waals surface area contributed by atoms with Gasteiger partial charge in [-0.2, -0.15) is 0 Å². The molecule has 4 heteroatoms. The average Bonchev–Trinajstić information content (AvgIpc) is 2.17. The van der Waals surface area contributed by atoms with Crippen LogP contribution in [0.5, 0.6) is 5.75 Å². The van der Waals surface area contributed by atoms with E-state index in [0.717, 1.165) is 30.8 Å². The van der Waals surface area contributed by atoms with E-state index < -0.39 is 5.37 Å². The molecule has 14 heavy (non-hydrogen) atoms. The lowest BCUT2D eigenvalue weighted by Gasteiger charge is -2.17. The summed E-state index contributed by atoms with van der Waals surface area (Å²) in [5.74, 6) is 0.906. The normalized spacial score (nSPS) is 14.1.